The SMILES string of the molecule is CC1/C=C\C=C/CCC[C@H]2C=CC=CC2N1C. The van der Waals surface area contributed by atoms with E-state index in [1.807, 2.05) is 0 Å². The van der Waals surface area contributed by atoms with E-state index in [0.29, 0.717) is 18.0 Å². The maximum atomic E-state index is 2.47. The highest BCUT2D eigenvalue weighted by molar-refractivity contribution is 5.19. The molecule has 0 bridgehead atoms. The first-order valence-corrected chi connectivity index (χ1v) is 6.69. The van der Waals surface area contributed by atoms with Gasteiger partial charge < -0.3 is 0 Å². The third kappa shape index (κ3) is 3.19. The molecule has 0 spiro atoms. The van der Waals surface area contributed by atoms with Crippen LogP contribution in [0.15, 0.2) is 48.6 Å². The van der Waals surface area contributed by atoms with Crippen molar-refractivity contribution in [3.8, 4) is 0 Å². The number of fused-ring (bicyclic) bond motifs is 1. The summed E-state index contributed by atoms with van der Waals surface area (Å²) in [6.45, 7) is 2.27. The molecule has 0 saturated carbocycles. The predicted molar refractivity (Wildman–Crippen MR) is 74.9 cm³/mol. The Morgan fingerprint density at radius 2 is 1.76 bits per heavy atom. The van der Waals surface area contributed by atoms with Crippen LogP contribution in [0.4, 0.5) is 0 Å². The topological polar surface area (TPSA) is 3.24 Å². The van der Waals surface area contributed by atoms with Gasteiger partial charge in [0.05, 0.1) is 0 Å². The molecule has 0 fully saturated rings. The Bertz CT molecular complexity index is 349. The molecule has 2 aliphatic rings. The zero-order valence-corrected chi connectivity index (χ0v) is 10.9. The number of rotatable bonds is 0. The summed E-state index contributed by atoms with van der Waals surface area (Å²) in [4.78, 5) is 2.47. The minimum atomic E-state index is 0.487. The quantitative estimate of drug-likeness (QED) is 0.612. The first-order chi connectivity index (χ1) is 8.29. The van der Waals surface area contributed by atoms with Crippen molar-refractivity contribution >= 4 is 0 Å². The second-order valence-electron chi connectivity index (χ2n) is 5.07. The van der Waals surface area contributed by atoms with Crippen molar-refractivity contribution in [3.63, 3.8) is 0 Å². The zero-order chi connectivity index (χ0) is 12.1. The van der Waals surface area contributed by atoms with Gasteiger partial charge in [0.15, 0.2) is 0 Å². The monoisotopic (exact) mass is 229 g/mol. The van der Waals surface area contributed by atoms with Gasteiger partial charge in [-0.1, -0.05) is 48.6 Å². The van der Waals surface area contributed by atoms with Crippen molar-refractivity contribution in [2.75, 3.05) is 7.05 Å². The van der Waals surface area contributed by atoms with E-state index in [1.54, 1.807) is 0 Å². The van der Waals surface area contributed by atoms with Crippen molar-refractivity contribution in [2.45, 2.75) is 38.3 Å². The Hall–Kier alpha value is -1.08. The van der Waals surface area contributed by atoms with Crippen molar-refractivity contribution in [1.82, 2.24) is 4.90 Å². The lowest BCUT2D eigenvalue weighted by Gasteiger charge is -2.35. The first kappa shape index (κ1) is 12.4. The van der Waals surface area contributed by atoms with Gasteiger partial charge in [0, 0.05) is 12.1 Å². The smallest absolute Gasteiger partial charge is 0.0346 e. The third-order valence-electron chi connectivity index (χ3n) is 3.87. The summed E-state index contributed by atoms with van der Waals surface area (Å²) >= 11 is 0. The molecule has 0 aromatic carbocycles. The fraction of sp³-hybridized carbons (Fsp3) is 0.500. The summed E-state index contributed by atoms with van der Waals surface area (Å²) < 4.78 is 0. The summed E-state index contributed by atoms with van der Waals surface area (Å²) in [7, 11) is 2.23. The van der Waals surface area contributed by atoms with Crippen molar-refractivity contribution < 1.29 is 0 Å². The van der Waals surface area contributed by atoms with Crippen molar-refractivity contribution in [3.05, 3.63) is 48.6 Å². The Kier molecular flexibility index (Phi) is 4.38. The van der Waals surface area contributed by atoms with E-state index < -0.39 is 0 Å². The number of likely N-dealkylation sites (N-methyl/N-ethyl adjacent to an activating group) is 1. The van der Waals surface area contributed by atoms with Gasteiger partial charge >= 0.3 is 0 Å². The molecule has 1 nitrogen and oxygen atoms in total. The van der Waals surface area contributed by atoms with Gasteiger partial charge in [-0.05, 0) is 39.2 Å². The van der Waals surface area contributed by atoms with E-state index in [1.165, 1.54) is 19.3 Å². The molecule has 1 aliphatic carbocycles. The van der Waals surface area contributed by atoms with Gasteiger partial charge in [-0.2, -0.15) is 0 Å². The van der Waals surface area contributed by atoms with Crippen molar-refractivity contribution in [2.24, 2.45) is 5.92 Å². The van der Waals surface area contributed by atoms with Gasteiger partial charge in [-0.15, -0.1) is 0 Å². The maximum Gasteiger partial charge on any atom is 0.0346 e. The maximum absolute atomic E-state index is 2.47. The van der Waals surface area contributed by atoms with Gasteiger partial charge in [0.25, 0.3) is 0 Å². The molecule has 0 radical (unpaired) electrons. The lowest BCUT2D eigenvalue weighted by Crippen LogP contribution is -2.41. The average molecular weight is 229 g/mol. The van der Waals surface area contributed by atoms with Crippen LogP contribution >= 0.6 is 0 Å². The first-order valence-electron chi connectivity index (χ1n) is 6.69. The molecule has 2 unspecified atom stereocenters. The van der Waals surface area contributed by atoms with Crippen LogP contribution in [-0.4, -0.2) is 24.0 Å². The van der Waals surface area contributed by atoms with Crippen LogP contribution in [0.3, 0.4) is 0 Å². The van der Waals surface area contributed by atoms with E-state index >= 15 is 0 Å². The molecule has 1 heteroatoms. The minimum Gasteiger partial charge on any atom is -0.293 e. The summed E-state index contributed by atoms with van der Waals surface area (Å²) in [5.74, 6) is 0.673. The number of allylic oxidation sites excluding steroid dienone is 5. The Balaban J connectivity index is 2.16. The minimum absolute atomic E-state index is 0.487. The van der Waals surface area contributed by atoms with Gasteiger partial charge in [0.2, 0.25) is 0 Å². The van der Waals surface area contributed by atoms with E-state index in [0.717, 1.165) is 0 Å². The largest absolute Gasteiger partial charge is 0.293 e. The van der Waals surface area contributed by atoms with Gasteiger partial charge in [0.1, 0.15) is 0 Å². The standard InChI is InChI=1S/C16H23N/c1-14-10-6-4-3-5-7-11-15-12-8-9-13-16(15)17(14)2/h3-4,6,8-10,12-16H,5,7,11H2,1-2H3/b4-3-,10-6-/t14?,15-,16?/m0/s1. The van der Waals surface area contributed by atoms with E-state index in [-0.39, 0.29) is 0 Å². The van der Waals surface area contributed by atoms with E-state index in [2.05, 4.69) is 67.5 Å². The number of nitrogens with zero attached hydrogens (tertiary/aromatic N) is 1. The molecule has 2 rings (SSSR count). The molecular weight excluding hydrogens is 206 g/mol. The fourth-order valence-corrected chi connectivity index (χ4v) is 2.62. The van der Waals surface area contributed by atoms with E-state index in [9.17, 15) is 0 Å². The highest BCUT2D eigenvalue weighted by Gasteiger charge is 2.24. The highest BCUT2D eigenvalue weighted by Crippen LogP contribution is 2.25. The Morgan fingerprint density at radius 1 is 1.00 bits per heavy atom. The molecule has 0 amide bonds. The zero-order valence-electron chi connectivity index (χ0n) is 10.9. The second kappa shape index (κ2) is 6.02. The molecule has 0 N–H and O–H groups in total. The van der Waals surface area contributed by atoms with Crippen LogP contribution in [0.5, 0.6) is 0 Å². The highest BCUT2D eigenvalue weighted by atomic mass is 15.2. The number of hydrogen-bond acceptors (Lipinski definition) is 1. The fourth-order valence-electron chi connectivity index (χ4n) is 2.62. The Morgan fingerprint density at radius 3 is 2.65 bits per heavy atom. The van der Waals surface area contributed by atoms with Gasteiger partial charge in [-0.3, -0.25) is 4.90 Å². The van der Waals surface area contributed by atoms with Crippen LogP contribution in [0.2, 0.25) is 0 Å². The summed E-state index contributed by atoms with van der Waals surface area (Å²) in [5.41, 5.74) is 0. The Labute approximate surface area is 105 Å². The van der Waals surface area contributed by atoms with Crippen LogP contribution in [-0.2, 0) is 0 Å². The van der Waals surface area contributed by atoms with Crippen LogP contribution in [0, 0.1) is 5.92 Å². The molecule has 0 aromatic heterocycles. The summed E-state index contributed by atoms with van der Waals surface area (Å²) in [5, 5.41) is 0. The van der Waals surface area contributed by atoms with E-state index in [4.69, 9.17) is 0 Å². The lowest BCUT2D eigenvalue weighted by molar-refractivity contribution is 0.202. The normalized spacial score (nSPS) is 38.1. The van der Waals surface area contributed by atoms with Crippen molar-refractivity contribution in [1.29, 1.82) is 0 Å². The van der Waals surface area contributed by atoms with Crippen LogP contribution in [0.25, 0.3) is 0 Å². The molecule has 0 aromatic rings. The molecule has 0 saturated heterocycles. The average Bonchev–Trinajstić information content (AvgIpc) is 2.39. The van der Waals surface area contributed by atoms with Crippen LogP contribution < -0.4 is 0 Å². The molecular formula is C16H23N. The molecule has 92 valence electrons. The molecule has 1 heterocycles. The summed E-state index contributed by atoms with van der Waals surface area (Å²) in [6, 6.07) is 1.04. The molecule has 17 heavy (non-hydrogen) atoms. The molecule has 1 aliphatic heterocycles. The third-order valence-corrected chi connectivity index (χ3v) is 3.87. The number of hydrogen-bond donors (Lipinski definition) is 0. The molecule has 3 atom stereocenters. The van der Waals surface area contributed by atoms with Crippen LogP contribution in [0.1, 0.15) is 26.2 Å². The second-order valence-corrected chi connectivity index (χ2v) is 5.07. The predicted octanol–water partition coefficient (Wildman–Crippen LogP) is 3.71. The summed E-state index contributed by atoms with van der Waals surface area (Å²) in [6.07, 6.45) is 21.8. The van der Waals surface area contributed by atoms with Gasteiger partial charge in [-0.25, -0.2) is 0 Å². The lowest BCUT2D eigenvalue weighted by atomic mass is 9.88.